The topological polar surface area (TPSA) is 105 Å². The minimum atomic E-state index is -3.32. The number of nitrogens with zero attached hydrogens (tertiary/aromatic N) is 4. The average Bonchev–Trinajstić information content (AvgIpc) is 3.31. The molecule has 0 saturated carbocycles. The molecule has 166 valence electrons. The molecule has 0 radical (unpaired) electrons. The molecule has 0 atom stereocenters. The highest BCUT2D eigenvalue weighted by Crippen LogP contribution is 2.33. The van der Waals surface area contributed by atoms with Crippen molar-refractivity contribution >= 4 is 59.6 Å². The molecular formula is C21H21N5O3S3. The number of carbonyl (C=O) groups excluding carboxylic acids is 1. The molecule has 3 heterocycles. The van der Waals surface area contributed by atoms with Crippen molar-refractivity contribution in [3.63, 3.8) is 0 Å². The average molecular weight is 488 g/mol. The highest BCUT2D eigenvalue weighted by atomic mass is 32.2. The summed E-state index contributed by atoms with van der Waals surface area (Å²) in [7, 11) is -1.82. The zero-order valence-corrected chi connectivity index (χ0v) is 20.6. The molecule has 8 nitrogen and oxygen atoms in total. The van der Waals surface area contributed by atoms with Crippen LogP contribution in [0.5, 0.6) is 0 Å². The van der Waals surface area contributed by atoms with Crippen LogP contribution in [0.25, 0.3) is 21.5 Å². The minimum Gasteiger partial charge on any atom is -0.297 e. The van der Waals surface area contributed by atoms with Crippen LogP contribution < -0.4 is 9.62 Å². The molecule has 4 rings (SSSR count). The molecule has 4 aromatic rings. The molecular weight excluding hydrogens is 466 g/mol. The van der Waals surface area contributed by atoms with Gasteiger partial charge in [-0.1, -0.05) is 12.1 Å². The van der Waals surface area contributed by atoms with Crippen LogP contribution >= 0.6 is 22.7 Å². The molecule has 1 aromatic carbocycles. The van der Waals surface area contributed by atoms with E-state index in [0.717, 1.165) is 33.3 Å². The first-order valence-corrected chi connectivity index (χ1v) is 13.1. The normalized spacial score (nSPS) is 11.7. The summed E-state index contributed by atoms with van der Waals surface area (Å²) in [5.74, 6) is 0.454. The van der Waals surface area contributed by atoms with Gasteiger partial charge in [-0.05, 0) is 38.5 Å². The molecule has 0 spiro atoms. The number of hydrogen-bond acceptors (Lipinski definition) is 8. The van der Waals surface area contributed by atoms with Gasteiger partial charge in [0, 0.05) is 29.1 Å². The first kappa shape index (κ1) is 22.3. The Hall–Kier alpha value is -2.89. The van der Waals surface area contributed by atoms with E-state index in [4.69, 9.17) is 0 Å². The van der Waals surface area contributed by atoms with Gasteiger partial charge in [0.25, 0.3) is 5.91 Å². The Kier molecular flexibility index (Phi) is 5.74. The molecule has 0 aliphatic carbocycles. The lowest BCUT2D eigenvalue weighted by Crippen LogP contribution is -2.24. The standard InChI is InChI=1S/C21H21N5O3S3/c1-11-17-12(2)22-13(3)23-20(17)31-18(11)19(27)25-21-24-16(10-30-21)14-6-8-15(9-7-14)26(4)32(5,28)29/h6-10H,1-5H3,(H,24,25,27). The molecule has 32 heavy (non-hydrogen) atoms. The third kappa shape index (κ3) is 4.23. The second-order valence-corrected chi connectivity index (χ2v) is 11.2. The van der Waals surface area contributed by atoms with E-state index in [1.807, 2.05) is 26.2 Å². The van der Waals surface area contributed by atoms with E-state index >= 15 is 0 Å². The van der Waals surface area contributed by atoms with Crippen molar-refractivity contribution < 1.29 is 13.2 Å². The van der Waals surface area contributed by atoms with Crippen LogP contribution in [-0.4, -0.2) is 42.6 Å². The lowest BCUT2D eigenvalue weighted by molar-refractivity contribution is 0.103. The Morgan fingerprint density at radius 2 is 1.75 bits per heavy atom. The van der Waals surface area contributed by atoms with Crippen LogP contribution in [0.3, 0.4) is 0 Å². The van der Waals surface area contributed by atoms with E-state index in [1.165, 1.54) is 34.0 Å². The molecule has 0 saturated heterocycles. The van der Waals surface area contributed by atoms with Crippen molar-refractivity contribution in [1.29, 1.82) is 0 Å². The quantitative estimate of drug-likeness (QED) is 0.448. The van der Waals surface area contributed by atoms with Gasteiger partial charge >= 0.3 is 0 Å². The second kappa shape index (κ2) is 8.23. The highest BCUT2D eigenvalue weighted by Gasteiger charge is 2.20. The van der Waals surface area contributed by atoms with E-state index in [1.54, 1.807) is 24.3 Å². The largest absolute Gasteiger partial charge is 0.297 e. The lowest BCUT2D eigenvalue weighted by Gasteiger charge is -2.16. The van der Waals surface area contributed by atoms with Crippen LogP contribution in [0.15, 0.2) is 29.6 Å². The van der Waals surface area contributed by atoms with Crippen molar-refractivity contribution in [3.8, 4) is 11.3 Å². The predicted molar refractivity (Wildman–Crippen MR) is 130 cm³/mol. The maximum atomic E-state index is 12.9. The summed E-state index contributed by atoms with van der Waals surface area (Å²) in [5, 5.41) is 6.13. The van der Waals surface area contributed by atoms with Crippen LogP contribution in [-0.2, 0) is 10.0 Å². The fraction of sp³-hybridized carbons (Fsp3) is 0.238. The zero-order valence-electron chi connectivity index (χ0n) is 18.1. The predicted octanol–water partition coefficient (Wildman–Crippen LogP) is 4.39. The van der Waals surface area contributed by atoms with Gasteiger partial charge in [0.15, 0.2) is 5.13 Å². The number of anilines is 2. The van der Waals surface area contributed by atoms with Gasteiger partial charge in [0.1, 0.15) is 10.7 Å². The van der Waals surface area contributed by atoms with Gasteiger partial charge in [-0.2, -0.15) is 0 Å². The van der Waals surface area contributed by atoms with Gasteiger partial charge in [0.05, 0.1) is 22.5 Å². The van der Waals surface area contributed by atoms with E-state index in [-0.39, 0.29) is 5.91 Å². The Morgan fingerprint density at radius 1 is 1.06 bits per heavy atom. The van der Waals surface area contributed by atoms with Gasteiger partial charge < -0.3 is 0 Å². The molecule has 1 amide bonds. The van der Waals surface area contributed by atoms with Crippen molar-refractivity contribution in [2.75, 3.05) is 22.9 Å². The molecule has 1 N–H and O–H groups in total. The monoisotopic (exact) mass is 487 g/mol. The van der Waals surface area contributed by atoms with Gasteiger partial charge in [0.2, 0.25) is 10.0 Å². The van der Waals surface area contributed by atoms with Crippen molar-refractivity contribution in [2.24, 2.45) is 0 Å². The maximum Gasteiger partial charge on any atom is 0.267 e. The number of hydrogen-bond donors (Lipinski definition) is 1. The highest BCUT2D eigenvalue weighted by molar-refractivity contribution is 7.92. The summed E-state index contributed by atoms with van der Waals surface area (Å²) in [6, 6.07) is 7.05. The molecule has 0 fully saturated rings. The summed E-state index contributed by atoms with van der Waals surface area (Å²) >= 11 is 2.68. The van der Waals surface area contributed by atoms with Crippen LogP contribution in [0, 0.1) is 20.8 Å². The summed E-state index contributed by atoms with van der Waals surface area (Å²) in [4.78, 5) is 27.7. The number of carbonyl (C=O) groups is 1. The smallest absolute Gasteiger partial charge is 0.267 e. The first-order chi connectivity index (χ1) is 15.0. The number of nitrogens with one attached hydrogen (secondary N) is 1. The third-order valence-corrected chi connectivity index (χ3v) is 8.19. The first-order valence-electron chi connectivity index (χ1n) is 9.60. The molecule has 3 aromatic heterocycles. The number of rotatable bonds is 5. The van der Waals surface area contributed by atoms with Gasteiger partial charge in [-0.3, -0.25) is 14.4 Å². The maximum absolute atomic E-state index is 12.9. The number of benzene rings is 1. The summed E-state index contributed by atoms with van der Waals surface area (Å²) < 4.78 is 24.6. The van der Waals surface area contributed by atoms with Crippen LogP contribution in [0.1, 0.15) is 26.8 Å². The fourth-order valence-corrected chi connectivity index (χ4v) is 5.73. The second-order valence-electron chi connectivity index (χ2n) is 7.36. The van der Waals surface area contributed by atoms with Crippen LogP contribution in [0.2, 0.25) is 0 Å². The Bertz CT molecular complexity index is 1440. The number of amides is 1. The number of aryl methyl sites for hydroxylation is 3. The Morgan fingerprint density at radius 3 is 2.41 bits per heavy atom. The number of sulfonamides is 1. The number of thiazole rings is 1. The Labute approximate surface area is 194 Å². The summed E-state index contributed by atoms with van der Waals surface area (Å²) in [5.41, 5.74) is 3.81. The lowest BCUT2D eigenvalue weighted by atomic mass is 10.1. The minimum absolute atomic E-state index is 0.228. The van der Waals surface area contributed by atoms with Crippen molar-refractivity contribution in [3.05, 3.63) is 51.6 Å². The molecule has 0 unspecified atom stereocenters. The van der Waals surface area contributed by atoms with Crippen molar-refractivity contribution in [2.45, 2.75) is 20.8 Å². The summed E-state index contributed by atoms with van der Waals surface area (Å²) in [6.45, 7) is 5.66. The van der Waals surface area contributed by atoms with E-state index in [2.05, 4.69) is 20.3 Å². The van der Waals surface area contributed by atoms with E-state index in [0.29, 0.717) is 27.2 Å². The molecule has 11 heteroatoms. The van der Waals surface area contributed by atoms with Gasteiger partial charge in [-0.25, -0.2) is 23.4 Å². The van der Waals surface area contributed by atoms with E-state index in [9.17, 15) is 13.2 Å². The number of thiophene rings is 1. The molecule has 0 aliphatic rings. The fourth-order valence-electron chi connectivity index (χ4n) is 3.34. The van der Waals surface area contributed by atoms with E-state index < -0.39 is 10.0 Å². The van der Waals surface area contributed by atoms with Crippen molar-refractivity contribution in [1.82, 2.24) is 15.0 Å². The third-order valence-electron chi connectivity index (χ3n) is 5.04. The molecule has 0 aliphatic heterocycles. The number of fused-ring (bicyclic) bond motifs is 1. The summed E-state index contributed by atoms with van der Waals surface area (Å²) in [6.07, 6.45) is 1.16. The molecule has 0 bridgehead atoms. The van der Waals surface area contributed by atoms with Crippen LogP contribution in [0.4, 0.5) is 10.8 Å². The van der Waals surface area contributed by atoms with Gasteiger partial charge in [-0.15, -0.1) is 22.7 Å². The number of aromatic nitrogens is 3. The SMILES string of the molecule is Cc1nc(C)c2c(C)c(C(=O)Nc3nc(-c4ccc(N(C)S(C)(=O)=O)cc4)cs3)sc2n1. The zero-order chi connectivity index (χ0) is 23.2. The Balaban J connectivity index is 1.55.